The summed E-state index contributed by atoms with van der Waals surface area (Å²) < 4.78 is 0. The van der Waals surface area contributed by atoms with Crippen molar-refractivity contribution in [3.05, 3.63) is 0 Å². The molecule has 0 radical (unpaired) electrons. The Kier molecular flexibility index (Phi) is 5.65. The summed E-state index contributed by atoms with van der Waals surface area (Å²) in [5.41, 5.74) is 0. The molecule has 1 aliphatic heterocycles. The number of carbonyl (C=O) groups excluding carboxylic acids is 1. The first-order valence-corrected chi connectivity index (χ1v) is 6.01. The molecule has 0 saturated carbocycles. The molecule has 0 aromatic rings. The molecule has 1 amide bonds. The van der Waals surface area contributed by atoms with E-state index in [0.717, 1.165) is 45.6 Å². The number of likely N-dealkylation sites (N-methyl/N-ethyl adjacent to an activating group) is 1. The number of nitrogens with one attached hydrogen (secondary N) is 2. The van der Waals surface area contributed by atoms with Crippen molar-refractivity contribution in [3.63, 3.8) is 0 Å². The van der Waals surface area contributed by atoms with E-state index in [1.54, 1.807) is 0 Å². The highest BCUT2D eigenvalue weighted by Gasteiger charge is 2.21. The Morgan fingerprint density at radius 2 is 2.20 bits per heavy atom. The molecule has 4 heteroatoms. The minimum atomic E-state index is 0.0571. The highest BCUT2D eigenvalue weighted by atomic mass is 16.2. The molecule has 1 rings (SSSR count). The summed E-state index contributed by atoms with van der Waals surface area (Å²) >= 11 is 0. The number of rotatable bonds is 6. The average molecular weight is 213 g/mol. The molecule has 4 nitrogen and oxygen atoms in total. The normalized spacial score (nSPS) is 20.9. The van der Waals surface area contributed by atoms with Gasteiger partial charge in [0.25, 0.3) is 0 Å². The summed E-state index contributed by atoms with van der Waals surface area (Å²) in [6.45, 7) is 9.08. The van der Waals surface area contributed by atoms with Gasteiger partial charge in [-0.1, -0.05) is 13.8 Å². The molecular formula is C11H23N3O. The van der Waals surface area contributed by atoms with Crippen molar-refractivity contribution < 1.29 is 4.79 Å². The van der Waals surface area contributed by atoms with Gasteiger partial charge in [0.05, 0.1) is 6.04 Å². The van der Waals surface area contributed by atoms with Crippen molar-refractivity contribution >= 4 is 5.91 Å². The van der Waals surface area contributed by atoms with Gasteiger partial charge in [0, 0.05) is 13.1 Å². The Bertz CT molecular complexity index is 186. The summed E-state index contributed by atoms with van der Waals surface area (Å²) in [5.74, 6) is 0.166. The molecule has 1 aliphatic rings. The molecule has 0 aromatic heterocycles. The van der Waals surface area contributed by atoms with E-state index in [4.69, 9.17) is 0 Å². The van der Waals surface area contributed by atoms with Gasteiger partial charge in [-0.2, -0.15) is 0 Å². The third-order valence-corrected chi connectivity index (χ3v) is 3.00. The van der Waals surface area contributed by atoms with Crippen LogP contribution < -0.4 is 10.6 Å². The molecule has 1 atom stereocenters. The lowest BCUT2D eigenvalue weighted by atomic mass is 10.2. The van der Waals surface area contributed by atoms with Crippen LogP contribution in [-0.2, 0) is 4.79 Å². The first kappa shape index (κ1) is 12.5. The maximum Gasteiger partial charge on any atom is 0.237 e. The quantitative estimate of drug-likeness (QED) is 0.662. The van der Waals surface area contributed by atoms with Crippen LogP contribution in [0.15, 0.2) is 0 Å². The molecule has 88 valence electrons. The van der Waals surface area contributed by atoms with Crippen molar-refractivity contribution in [2.24, 2.45) is 0 Å². The van der Waals surface area contributed by atoms with Gasteiger partial charge in [0.2, 0.25) is 5.91 Å². The number of hydrogen-bond acceptors (Lipinski definition) is 3. The third kappa shape index (κ3) is 4.18. The van der Waals surface area contributed by atoms with Crippen LogP contribution in [0.1, 0.15) is 26.7 Å². The van der Waals surface area contributed by atoms with Crippen molar-refractivity contribution in [1.29, 1.82) is 0 Å². The fraction of sp³-hybridized carbons (Fsp3) is 0.909. The van der Waals surface area contributed by atoms with Crippen molar-refractivity contribution in [2.45, 2.75) is 32.7 Å². The topological polar surface area (TPSA) is 44.4 Å². The van der Waals surface area contributed by atoms with Gasteiger partial charge in [0.15, 0.2) is 0 Å². The SMILES string of the molecule is CCN(CC)CCNC(=O)C1CCCN1. The lowest BCUT2D eigenvalue weighted by Crippen LogP contribution is -2.43. The predicted octanol–water partition coefficient (Wildman–Crippen LogP) is 0.196. The standard InChI is InChI=1S/C11H23N3O/c1-3-14(4-2)9-8-13-11(15)10-6-5-7-12-10/h10,12H,3-9H2,1-2H3,(H,13,15). The fourth-order valence-corrected chi connectivity index (χ4v) is 1.91. The Hall–Kier alpha value is -0.610. The Morgan fingerprint density at radius 1 is 1.47 bits per heavy atom. The predicted molar refractivity (Wildman–Crippen MR) is 61.8 cm³/mol. The van der Waals surface area contributed by atoms with Crippen LogP contribution in [0, 0.1) is 0 Å². The minimum absolute atomic E-state index is 0.0571. The number of nitrogens with zero attached hydrogens (tertiary/aromatic N) is 1. The van der Waals surface area contributed by atoms with Gasteiger partial charge in [-0.3, -0.25) is 4.79 Å². The van der Waals surface area contributed by atoms with Gasteiger partial charge in [0.1, 0.15) is 0 Å². The summed E-state index contributed by atoms with van der Waals surface area (Å²) in [4.78, 5) is 13.9. The highest BCUT2D eigenvalue weighted by molar-refractivity contribution is 5.81. The number of amides is 1. The van der Waals surface area contributed by atoms with E-state index < -0.39 is 0 Å². The molecule has 1 saturated heterocycles. The first-order valence-electron chi connectivity index (χ1n) is 6.01. The molecular weight excluding hydrogens is 190 g/mol. The van der Waals surface area contributed by atoms with Crippen molar-refractivity contribution in [3.8, 4) is 0 Å². The van der Waals surface area contributed by atoms with Crippen LogP contribution in [0.3, 0.4) is 0 Å². The Morgan fingerprint density at radius 3 is 2.73 bits per heavy atom. The minimum Gasteiger partial charge on any atom is -0.353 e. The van der Waals surface area contributed by atoms with Gasteiger partial charge in [-0.05, 0) is 32.5 Å². The molecule has 0 aromatic carbocycles. The van der Waals surface area contributed by atoms with E-state index in [-0.39, 0.29) is 11.9 Å². The zero-order chi connectivity index (χ0) is 11.1. The van der Waals surface area contributed by atoms with Crippen LogP contribution in [0.2, 0.25) is 0 Å². The third-order valence-electron chi connectivity index (χ3n) is 3.00. The summed E-state index contributed by atoms with van der Waals surface area (Å²) in [7, 11) is 0. The number of carbonyl (C=O) groups is 1. The van der Waals surface area contributed by atoms with Gasteiger partial charge in [-0.15, -0.1) is 0 Å². The largest absolute Gasteiger partial charge is 0.353 e. The molecule has 1 fully saturated rings. The number of hydrogen-bond donors (Lipinski definition) is 2. The summed E-state index contributed by atoms with van der Waals surface area (Å²) in [6, 6.07) is 0.0571. The summed E-state index contributed by atoms with van der Waals surface area (Å²) in [6.07, 6.45) is 2.10. The van der Waals surface area contributed by atoms with Crippen LogP contribution >= 0.6 is 0 Å². The van der Waals surface area contributed by atoms with Gasteiger partial charge >= 0.3 is 0 Å². The van der Waals surface area contributed by atoms with Crippen LogP contribution in [0.5, 0.6) is 0 Å². The Labute approximate surface area is 92.4 Å². The van der Waals surface area contributed by atoms with E-state index in [9.17, 15) is 4.79 Å². The average Bonchev–Trinajstić information content (AvgIpc) is 2.77. The summed E-state index contributed by atoms with van der Waals surface area (Å²) in [5, 5.41) is 6.18. The second-order valence-electron chi connectivity index (χ2n) is 3.97. The molecule has 0 bridgehead atoms. The van der Waals surface area contributed by atoms with E-state index >= 15 is 0 Å². The molecule has 0 spiro atoms. The maximum absolute atomic E-state index is 11.6. The molecule has 1 unspecified atom stereocenters. The molecule has 0 aliphatic carbocycles. The van der Waals surface area contributed by atoms with E-state index in [0.29, 0.717) is 0 Å². The van der Waals surface area contributed by atoms with Crippen LogP contribution in [-0.4, -0.2) is 49.6 Å². The zero-order valence-corrected chi connectivity index (χ0v) is 9.88. The fourth-order valence-electron chi connectivity index (χ4n) is 1.91. The lowest BCUT2D eigenvalue weighted by Gasteiger charge is -2.18. The zero-order valence-electron chi connectivity index (χ0n) is 9.88. The van der Waals surface area contributed by atoms with Crippen molar-refractivity contribution in [2.75, 3.05) is 32.7 Å². The van der Waals surface area contributed by atoms with Crippen molar-refractivity contribution in [1.82, 2.24) is 15.5 Å². The monoisotopic (exact) mass is 213 g/mol. The second kappa shape index (κ2) is 6.80. The Balaban J connectivity index is 2.10. The van der Waals surface area contributed by atoms with Crippen LogP contribution in [0.4, 0.5) is 0 Å². The van der Waals surface area contributed by atoms with Gasteiger partial charge in [-0.25, -0.2) is 0 Å². The maximum atomic E-state index is 11.6. The second-order valence-corrected chi connectivity index (χ2v) is 3.97. The first-order chi connectivity index (χ1) is 7.27. The van der Waals surface area contributed by atoms with E-state index in [2.05, 4.69) is 29.4 Å². The lowest BCUT2D eigenvalue weighted by molar-refractivity contribution is -0.122. The van der Waals surface area contributed by atoms with Gasteiger partial charge < -0.3 is 15.5 Å². The van der Waals surface area contributed by atoms with Crippen LogP contribution in [0.25, 0.3) is 0 Å². The molecule has 1 heterocycles. The highest BCUT2D eigenvalue weighted by Crippen LogP contribution is 2.04. The van der Waals surface area contributed by atoms with E-state index in [1.165, 1.54) is 0 Å². The van der Waals surface area contributed by atoms with E-state index in [1.807, 2.05) is 0 Å². The molecule has 15 heavy (non-hydrogen) atoms. The smallest absolute Gasteiger partial charge is 0.237 e. The molecule has 2 N–H and O–H groups in total.